The molecular weight excluding hydrogens is 316 g/mol. The molecule has 0 spiro atoms. The van der Waals surface area contributed by atoms with Crippen molar-refractivity contribution in [3.63, 3.8) is 0 Å². The van der Waals surface area contributed by atoms with Crippen LogP contribution in [-0.4, -0.2) is 39.9 Å². The van der Waals surface area contributed by atoms with Gasteiger partial charge in [-0.25, -0.2) is 0 Å². The lowest BCUT2D eigenvalue weighted by molar-refractivity contribution is 0.414. The van der Waals surface area contributed by atoms with E-state index in [1.54, 1.807) is 11.8 Å². The molecule has 0 atom stereocenters. The van der Waals surface area contributed by atoms with E-state index < -0.39 is 0 Å². The Labute approximate surface area is 146 Å². The van der Waals surface area contributed by atoms with E-state index in [0.717, 1.165) is 41.3 Å². The number of aromatic nitrogens is 4. The summed E-state index contributed by atoms with van der Waals surface area (Å²) in [5.74, 6) is 2.47. The highest BCUT2D eigenvalue weighted by molar-refractivity contribution is 5.88. The van der Waals surface area contributed by atoms with Gasteiger partial charge in [0, 0.05) is 26.7 Å². The fraction of sp³-hybridized carbons (Fsp3) is 0.389. The summed E-state index contributed by atoms with van der Waals surface area (Å²) in [7, 11) is 3.58. The zero-order valence-electron chi connectivity index (χ0n) is 14.6. The van der Waals surface area contributed by atoms with Gasteiger partial charge >= 0.3 is 0 Å². The Morgan fingerprint density at radius 2 is 1.88 bits per heavy atom. The Kier molecular flexibility index (Phi) is 4.13. The van der Waals surface area contributed by atoms with Crippen LogP contribution in [0.1, 0.15) is 18.4 Å². The molecule has 1 aliphatic heterocycles. The van der Waals surface area contributed by atoms with Crippen molar-refractivity contribution < 1.29 is 4.74 Å². The van der Waals surface area contributed by atoms with Gasteiger partial charge in [0.25, 0.3) is 0 Å². The van der Waals surface area contributed by atoms with Gasteiger partial charge in [-0.3, -0.25) is 4.68 Å². The van der Waals surface area contributed by atoms with Crippen LogP contribution in [0.25, 0.3) is 11.0 Å². The minimum absolute atomic E-state index is 0.633. The topological polar surface area (TPSA) is 68.1 Å². The van der Waals surface area contributed by atoms with Crippen LogP contribution in [0.5, 0.6) is 5.75 Å². The van der Waals surface area contributed by atoms with Gasteiger partial charge in [0.15, 0.2) is 5.65 Å². The first-order valence-electron chi connectivity index (χ1n) is 8.56. The fourth-order valence-electron chi connectivity index (χ4n) is 3.18. The molecule has 3 heterocycles. The third-order valence-electron chi connectivity index (χ3n) is 4.59. The molecule has 1 aliphatic rings. The first-order chi connectivity index (χ1) is 12.2. The van der Waals surface area contributed by atoms with Gasteiger partial charge in [0.1, 0.15) is 11.6 Å². The van der Waals surface area contributed by atoms with E-state index >= 15 is 0 Å². The zero-order valence-corrected chi connectivity index (χ0v) is 14.6. The molecule has 0 unspecified atom stereocenters. The molecule has 130 valence electrons. The van der Waals surface area contributed by atoms with Gasteiger partial charge in [-0.2, -0.15) is 15.1 Å². The number of hydrogen-bond acceptors (Lipinski definition) is 6. The largest absolute Gasteiger partial charge is 0.497 e. The Morgan fingerprint density at radius 3 is 2.60 bits per heavy atom. The standard InChI is InChI=1S/C18H22N6O/c1-23-16-15(12-20-23)17(24-9-3-4-10-24)22-18(21-16)19-11-13-5-7-14(25-2)8-6-13/h5-8,12H,3-4,9-11H2,1-2H3,(H,19,21,22). The first kappa shape index (κ1) is 15.7. The summed E-state index contributed by atoms with van der Waals surface area (Å²) in [5.41, 5.74) is 2.01. The highest BCUT2D eigenvalue weighted by Crippen LogP contribution is 2.27. The number of hydrogen-bond donors (Lipinski definition) is 1. The third kappa shape index (κ3) is 3.09. The molecule has 1 N–H and O–H groups in total. The lowest BCUT2D eigenvalue weighted by atomic mass is 10.2. The van der Waals surface area contributed by atoms with E-state index in [2.05, 4.69) is 20.3 Å². The molecule has 0 saturated carbocycles. The summed E-state index contributed by atoms with van der Waals surface area (Å²) in [6.07, 6.45) is 4.27. The van der Waals surface area contributed by atoms with Crippen LogP contribution in [0.4, 0.5) is 11.8 Å². The Morgan fingerprint density at radius 1 is 1.12 bits per heavy atom. The lowest BCUT2D eigenvalue weighted by Crippen LogP contribution is -2.20. The van der Waals surface area contributed by atoms with Gasteiger partial charge < -0.3 is 15.0 Å². The number of anilines is 2. The average molecular weight is 338 g/mol. The monoisotopic (exact) mass is 338 g/mol. The van der Waals surface area contributed by atoms with Crippen LogP contribution in [-0.2, 0) is 13.6 Å². The molecule has 1 fully saturated rings. The smallest absolute Gasteiger partial charge is 0.227 e. The maximum absolute atomic E-state index is 5.20. The molecule has 7 heteroatoms. The highest BCUT2D eigenvalue weighted by atomic mass is 16.5. The summed E-state index contributed by atoms with van der Waals surface area (Å²) >= 11 is 0. The number of benzene rings is 1. The third-order valence-corrected chi connectivity index (χ3v) is 4.59. The molecule has 1 aromatic carbocycles. The normalized spacial score (nSPS) is 14.2. The van der Waals surface area contributed by atoms with E-state index in [9.17, 15) is 0 Å². The summed E-state index contributed by atoms with van der Waals surface area (Å²) in [6, 6.07) is 7.99. The van der Waals surface area contributed by atoms with E-state index in [4.69, 9.17) is 9.72 Å². The molecule has 2 aromatic heterocycles. The summed E-state index contributed by atoms with van der Waals surface area (Å²) in [4.78, 5) is 11.7. The second-order valence-electron chi connectivity index (χ2n) is 6.27. The van der Waals surface area contributed by atoms with Gasteiger partial charge in [-0.05, 0) is 30.5 Å². The number of methoxy groups -OCH3 is 1. The summed E-state index contributed by atoms with van der Waals surface area (Å²) < 4.78 is 7.00. The molecule has 0 amide bonds. The van der Waals surface area contributed by atoms with Crippen LogP contribution in [0.15, 0.2) is 30.5 Å². The molecule has 3 aromatic rings. The van der Waals surface area contributed by atoms with Crippen molar-refractivity contribution in [2.45, 2.75) is 19.4 Å². The van der Waals surface area contributed by atoms with Gasteiger partial charge in [0.2, 0.25) is 5.95 Å². The Balaban J connectivity index is 1.61. The number of fused-ring (bicyclic) bond motifs is 1. The van der Waals surface area contributed by atoms with E-state index in [1.165, 1.54) is 12.8 Å². The maximum atomic E-state index is 5.20. The van der Waals surface area contributed by atoms with Gasteiger partial charge in [-0.15, -0.1) is 0 Å². The van der Waals surface area contributed by atoms with Crippen LogP contribution < -0.4 is 15.0 Å². The molecule has 25 heavy (non-hydrogen) atoms. The summed E-state index contributed by atoms with van der Waals surface area (Å²) in [5, 5.41) is 8.71. The molecule has 7 nitrogen and oxygen atoms in total. The van der Waals surface area contributed by atoms with Crippen LogP contribution in [0.2, 0.25) is 0 Å². The van der Waals surface area contributed by atoms with Crippen molar-refractivity contribution in [2.24, 2.45) is 7.05 Å². The van der Waals surface area contributed by atoms with Crippen molar-refractivity contribution in [2.75, 3.05) is 30.4 Å². The quantitative estimate of drug-likeness (QED) is 0.771. The van der Waals surface area contributed by atoms with Crippen molar-refractivity contribution in [3.05, 3.63) is 36.0 Å². The minimum atomic E-state index is 0.633. The van der Waals surface area contributed by atoms with Crippen LogP contribution in [0, 0.1) is 0 Å². The molecule has 0 bridgehead atoms. The van der Waals surface area contributed by atoms with Gasteiger partial charge in [-0.1, -0.05) is 12.1 Å². The van der Waals surface area contributed by atoms with E-state index in [1.807, 2.05) is 37.5 Å². The molecule has 4 rings (SSSR count). The number of aryl methyl sites for hydroxylation is 1. The second kappa shape index (κ2) is 6.58. The van der Waals surface area contributed by atoms with E-state index in [-0.39, 0.29) is 0 Å². The second-order valence-corrected chi connectivity index (χ2v) is 6.27. The summed E-state index contributed by atoms with van der Waals surface area (Å²) in [6.45, 7) is 2.74. The van der Waals surface area contributed by atoms with Crippen LogP contribution >= 0.6 is 0 Å². The van der Waals surface area contributed by atoms with Crippen molar-refractivity contribution in [1.82, 2.24) is 19.7 Å². The SMILES string of the molecule is COc1ccc(CNc2nc(N3CCCC3)c3cnn(C)c3n2)cc1. The lowest BCUT2D eigenvalue weighted by Gasteiger charge is -2.18. The number of ether oxygens (including phenoxy) is 1. The van der Waals surface area contributed by atoms with Gasteiger partial charge in [0.05, 0.1) is 18.7 Å². The van der Waals surface area contributed by atoms with E-state index in [0.29, 0.717) is 12.5 Å². The molecule has 0 radical (unpaired) electrons. The minimum Gasteiger partial charge on any atom is -0.497 e. The van der Waals surface area contributed by atoms with Crippen molar-refractivity contribution in [1.29, 1.82) is 0 Å². The predicted octanol–water partition coefficient (Wildman–Crippen LogP) is 2.58. The van der Waals surface area contributed by atoms with Crippen LogP contribution in [0.3, 0.4) is 0 Å². The number of rotatable bonds is 5. The molecular formula is C18H22N6O. The molecule has 1 saturated heterocycles. The zero-order chi connectivity index (χ0) is 17.2. The maximum Gasteiger partial charge on any atom is 0.227 e. The van der Waals surface area contributed by atoms with Crippen molar-refractivity contribution >= 4 is 22.8 Å². The fourth-order valence-corrected chi connectivity index (χ4v) is 3.18. The Bertz CT molecular complexity index is 867. The first-order valence-corrected chi connectivity index (χ1v) is 8.56. The average Bonchev–Trinajstić information content (AvgIpc) is 3.30. The molecule has 0 aliphatic carbocycles. The number of nitrogens with zero attached hydrogens (tertiary/aromatic N) is 5. The highest BCUT2D eigenvalue weighted by Gasteiger charge is 2.20. The predicted molar refractivity (Wildman–Crippen MR) is 98.1 cm³/mol. The van der Waals surface area contributed by atoms with Crippen molar-refractivity contribution in [3.8, 4) is 5.75 Å². The Hall–Kier alpha value is -2.83. The number of nitrogens with one attached hydrogen (secondary N) is 1.